The van der Waals surface area contributed by atoms with E-state index in [1.165, 1.54) is 4.70 Å². The summed E-state index contributed by atoms with van der Waals surface area (Å²) in [6.45, 7) is 9.70. The molecular weight excluding hydrogens is 358 g/mol. The van der Waals surface area contributed by atoms with Gasteiger partial charge >= 0.3 is 0 Å². The number of nitrogens with zero attached hydrogens (tertiary/aromatic N) is 3. The molecule has 6 nitrogen and oxygen atoms in total. The van der Waals surface area contributed by atoms with Gasteiger partial charge in [-0.3, -0.25) is 9.79 Å². The lowest BCUT2D eigenvalue weighted by molar-refractivity contribution is -0.130. The van der Waals surface area contributed by atoms with E-state index in [-0.39, 0.29) is 5.91 Å². The number of guanidine groups is 1. The van der Waals surface area contributed by atoms with Crippen molar-refractivity contribution >= 4 is 33.4 Å². The number of amides is 1. The normalized spacial score (nSPS) is 11.6. The Labute approximate surface area is 166 Å². The van der Waals surface area contributed by atoms with Crippen LogP contribution >= 0.6 is 11.3 Å². The zero-order valence-corrected chi connectivity index (χ0v) is 17.4. The molecule has 1 amide bonds. The summed E-state index contributed by atoms with van der Waals surface area (Å²) in [6.07, 6.45) is 2.37. The smallest absolute Gasteiger partial charge is 0.224 e. The molecule has 27 heavy (non-hydrogen) atoms. The highest BCUT2D eigenvalue weighted by Gasteiger charge is 2.09. The highest BCUT2D eigenvalue weighted by molar-refractivity contribution is 7.18. The second kappa shape index (κ2) is 11.5. The third kappa shape index (κ3) is 6.82. The fraction of sp³-hybridized carbons (Fsp3) is 0.550. The molecule has 0 saturated heterocycles. The number of benzene rings is 1. The van der Waals surface area contributed by atoms with Gasteiger partial charge in [0.05, 0.1) is 15.2 Å². The van der Waals surface area contributed by atoms with Crippen LogP contribution in [0.3, 0.4) is 0 Å². The number of hydrogen-bond acceptors (Lipinski definition) is 4. The lowest BCUT2D eigenvalue weighted by atomic mass is 10.3. The first kappa shape index (κ1) is 21.2. The van der Waals surface area contributed by atoms with Crippen LogP contribution in [-0.2, 0) is 11.2 Å². The molecule has 148 valence electrons. The molecule has 0 aliphatic rings. The predicted octanol–water partition coefficient (Wildman–Crippen LogP) is 3.04. The molecule has 0 aliphatic heterocycles. The summed E-state index contributed by atoms with van der Waals surface area (Å²) in [6, 6.07) is 8.24. The summed E-state index contributed by atoms with van der Waals surface area (Å²) in [7, 11) is 0. The van der Waals surface area contributed by atoms with Crippen molar-refractivity contribution < 1.29 is 4.79 Å². The van der Waals surface area contributed by atoms with Crippen LogP contribution in [0.1, 0.15) is 38.6 Å². The number of para-hydroxylation sites is 1. The summed E-state index contributed by atoms with van der Waals surface area (Å²) < 4.78 is 1.24. The van der Waals surface area contributed by atoms with Gasteiger partial charge in [-0.25, -0.2) is 4.98 Å². The second-order valence-electron chi connectivity index (χ2n) is 6.18. The van der Waals surface area contributed by atoms with Crippen LogP contribution in [0, 0.1) is 0 Å². The Morgan fingerprint density at radius 2 is 1.96 bits per heavy atom. The fourth-order valence-corrected chi connectivity index (χ4v) is 3.82. The number of fused-ring (bicyclic) bond motifs is 1. The van der Waals surface area contributed by atoms with E-state index in [9.17, 15) is 4.79 Å². The Morgan fingerprint density at radius 1 is 1.19 bits per heavy atom. The molecule has 0 bridgehead atoms. The Hall–Kier alpha value is -2.15. The molecule has 0 saturated carbocycles. The zero-order valence-electron chi connectivity index (χ0n) is 16.6. The van der Waals surface area contributed by atoms with Gasteiger partial charge < -0.3 is 15.5 Å². The highest BCUT2D eigenvalue weighted by Crippen LogP contribution is 2.22. The molecule has 0 aliphatic carbocycles. The minimum Gasteiger partial charge on any atom is -0.357 e. The van der Waals surface area contributed by atoms with Crippen LogP contribution in [0.5, 0.6) is 0 Å². The van der Waals surface area contributed by atoms with Crippen molar-refractivity contribution in [3.8, 4) is 0 Å². The molecule has 0 spiro atoms. The third-order valence-corrected chi connectivity index (χ3v) is 5.34. The Kier molecular flexibility index (Phi) is 9.04. The molecule has 2 aromatic rings. The van der Waals surface area contributed by atoms with Crippen LogP contribution in [0.2, 0.25) is 0 Å². The van der Waals surface area contributed by atoms with Gasteiger partial charge in [0, 0.05) is 45.6 Å². The van der Waals surface area contributed by atoms with Gasteiger partial charge in [-0.05, 0) is 39.3 Å². The first-order valence-electron chi connectivity index (χ1n) is 9.82. The van der Waals surface area contributed by atoms with Gasteiger partial charge in [0.25, 0.3) is 0 Å². The largest absolute Gasteiger partial charge is 0.357 e. The number of rotatable bonds is 10. The fourth-order valence-electron chi connectivity index (χ4n) is 2.81. The summed E-state index contributed by atoms with van der Waals surface area (Å²) in [5.74, 6) is 0.952. The number of carbonyl (C=O) groups excluding carboxylic acids is 1. The molecule has 0 radical (unpaired) electrons. The molecule has 2 N–H and O–H groups in total. The van der Waals surface area contributed by atoms with Crippen molar-refractivity contribution in [1.82, 2.24) is 20.5 Å². The highest BCUT2D eigenvalue weighted by atomic mass is 32.1. The number of aromatic nitrogens is 1. The van der Waals surface area contributed by atoms with Crippen molar-refractivity contribution in [3.05, 3.63) is 29.3 Å². The number of carbonyl (C=O) groups is 1. The second-order valence-corrected chi connectivity index (χ2v) is 7.30. The zero-order chi connectivity index (χ0) is 19.5. The monoisotopic (exact) mass is 389 g/mol. The van der Waals surface area contributed by atoms with E-state index < -0.39 is 0 Å². The summed E-state index contributed by atoms with van der Waals surface area (Å²) >= 11 is 1.76. The van der Waals surface area contributed by atoms with Gasteiger partial charge in [-0.1, -0.05) is 12.1 Å². The van der Waals surface area contributed by atoms with E-state index in [4.69, 9.17) is 0 Å². The molecule has 1 aromatic carbocycles. The molecule has 1 aromatic heterocycles. The predicted molar refractivity (Wildman–Crippen MR) is 114 cm³/mol. The number of hydrogen-bond donors (Lipinski definition) is 2. The van der Waals surface area contributed by atoms with Crippen molar-refractivity contribution in [1.29, 1.82) is 0 Å². The lowest BCUT2D eigenvalue weighted by Gasteiger charge is -2.19. The quantitative estimate of drug-likeness (QED) is 0.372. The van der Waals surface area contributed by atoms with Gasteiger partial charge in [0.15, 0.2) is 5.96 Å². The molecule has 0 unspecified atom stereocenters. The van der Waals surface area contributed by atoms with Gasteiger partial charge in [-0.2, -0.15) is 0 Å². The van der Waals surface area contributed by atoms with Gasteiger partial charge in [0.1, 0.15) is 0 Å². The maximum atomic E-state index is 12.1. The Morgan fingerprint density at radius 3 is 2.67 bits per heavy atom. The molecule has 2 rings (SSSR count). The van der Waals surface area contributed by atoms with Crippen LogP contribution in [-0.4, -0.2) is 54.5 Å². The average Bonchev–Trinajstić information content (AvgIpc) is 3.09. The van der Waals surface area contributed by atoms with Crippen molar-refractivity contribution in [2.45, 2.75) is 40.0 Å². The molecule has 7 heteroatoms. The Balaban J connectivity index is 1.76. The summed E-state index contributed by atoms with van der Waals surface area (Å²) in [4.78, 5) is 23.2. The maximum Gasteiger partial charge on any atom is 0.224 e. The first-order valence-corrected chi connectivity index (χ1v) is 10.6. The lowest BCUT2D eigenvalue weighted by Crippen LogP contribution is -2.40. The van der Waals surface area contributed by atoms with Crippen LogP contribution < -0.4 is 10.6 Å². The van der Waals surface area contributed by atoms with Gasteiger partial charge in [-0.15, -0.1) is 11.3 Å². The van der Waals surface area contributed by atoms with Crippen molar-refractivity contribution in [3.63, 3.8) is 0 Å². The van der Waals surface area contributed by atoms with E-state index in [0.29, 0.717) is 13.0 Å². The molecule has 0 atom stereocenters. The topological polar surface area (TPSA) is 69.6 Å². The third-order valence-electron chi connectivity index (χ3n) is 4.25. The molecular formula is C20H31N5OS. The standard InChI is InChI=1S/C20H31N5OS/c1-4-21-20(23-15-13-19(26)25(5-2)6-3)22-14-9-12-18-24-16-10-7-8-11-17(16)27-18/h7-8,10-11H,4-6,9,12-15H2,1-3H3,(H2,21,22,23). The van der Waals surface area contributed by atoms with E-state index >= 15 is 0 Å². The van der Waals surface area contributed by atoms with Crippen LogP contribution in [0.25, 0.3) is 10.2 Å². The molecule has 0 fully saturated rings. The average molecular weight is 390 g/mol. The minimum absolute atomic E-state index is 0.180. The number of aliphatic imine (C=N–C) groups is 1. The summed E-state index contributed by atoms with van der Waals surface area (Å²) in [5, 5.41) is 7.65. The number of thiazole rings is 1. The van der Waals surface area contributed by atoms with E-state index in [0.717, 1.165) is 55.5 Å². The van der Waals surface area contributed by atoms with Crippen LogP contribution in [0.4, 0.5) is 0 Å². The molecule has 1 heterocycles. The first-order chi connectivity index (χ1) is 13.2. The number of aryl methyl sites for hydroxylation is 1. The minimum atomic E-state index is 0.180. The van der Waals surface area contributed by atoms with E-state index in [1.54, 1.807) is 11.3 Å². The van der Waals surface area contributed by atoms with Crippen LogP contribution in [0.15, 0.2) is 29.3 Å². The van der Waals surface area contributed by atoms with Gasteiger partial charge in [0.2, 0.25) is 5.91 Å². The summed E-state index contributed by atoms with van der Waals surface area (Å²) in [5.41, 5.74) is 1.08. The van der Waals surface area contributed by atoms with Crippen molar-refractivity contribution in [2.75, 3.05) is 32.7 Å². The Bertz CT molecular complexity index is 706. The van der Waals surface area contributed by atoms with E-state index in [2.05, 4.69) is 32.7 Å². The van der Waals surface area contributed by atoms with E-state index in [1.807, 2.05) is 37.8 Å². The maximum absolute atomic E-state index is 12.1. The number of nitrogens with one attached hydrogen (secondary N) is 2. The SMILES string of the molecule is CCNC(=NCCCc1nc2ccccc2s1)NCCC(=O)N(CC)CC. The van der Waals surface area contributed by atoms with Crippen molar-refractivity contribution in [2.24, 2.45) is 4.99 Å².